The molecular weight excluding hydrogens is 336 g/mol. The number of anilines is 3. The van der Waals surface area contributed by atoms with Crippen molar-refractivity contribution in [3.8, 4) is 0 Å². The summed E-state index contributed by atoms with van der Waals surface area (Å²) in [4.78, 5) is 16.3. The second-order valence-electron chi connectivity index (χ2n) is 5.93. The first kappa shape index (κ1) is 17.5. The Morgan fingerprint density at radius 2 is 1.69 bits per heavy atom. The van der Waals surface area contributed by atoms with Gasteiger partial charge in [-0.3, -0.25) is 9.78 Å². The number of pyridine rings is 1. The molecule has 3 aromatic rings. The van der Waals surface area contributed by atoms with Crippen molar-refractivity contribution in [2.75, 3.05) is 10.6 Å². The van der Waals surface area contributed by atoms with Gasteiger partial charge >= 0.3 is 0 Å². The van der Waals surface area contributed by atoms with Crippen LogP contribution in [0, 0.1) is 25.5 Å². The predicted octanol–water partition coefficient (Wildman–Crippen LogP) is 4.97. The van der Waals surface area contributed by atoms with Crippen molar-refractivity contribution >= 4 is 23.0 Å². The molecule has 0 saturated heterocycles. The van der Waals surface area contributed by atoms with Crippen molar-refractivity contribution in [1.82, 2.24) is 4.98 Å². The molecule has 132 valence electrons. The monoisotopic (exact) mass is 353 g/mol. The first-order valence-corrected chi connectivity index (χ1v) is 7.99. The van der Waals surface area contributed by atoms with Crippen LogP contribution >= 0.6 is 0 Å². The molecule has 0 spiro atoms. The van der Waals surface area contributed by atoms with Crippen LogP contribution in [0.3, 0.4) is 0 Å². The Balaban J connectivity index is 1.77. The number of benzene rings is 2. The average Bonchev–Trinajstić information content (AvgIpc) is 2.61. The molecule has 0 aliphatic rings. The standard InChI is InChI=1S/C20H17F2N3O/c1-12-3-5-15(9-13(12)2)24-16-7-8-23-19(11-16)20(26)25-18-6-4-14(21)10-17(18)22/h3-11H,1-2H3,(H,23,24)(H,25,26). The summed E-state index contributed by atoms with van der Waals surface area (Å²) in [6.45, 7) is 4.05. The first-order chi connectivity index (χ1) is 12.4. The van der Waals surface area contributed by atoms with Gasteiger partial charge in [-0.25, -0.2) is 8.78 Å². The van der Waals surface area contributed by atoms with Gasteiger partial charge in [-0.2, -0.15) is 0 Å². The first-order valence-electron chi connectivity index (χ1n) is 7.99. The highest BCUT2D eigenvalue weighted by molar-refractivity contribution is 6.03. The lowest BCUT2D eigenvalue weighted by Gasteiger charge is -2.10. The Kier molecular flexibility index (Phi) is 4.93. The van der Waals surface area contributed by atoms with Gasteiger partial charge in [0.1, 0.15) is 17.3 Å². The molecule has 1 amide bonds. The average molecular weight is 353 g/mol. The van der Waals surface area contributed by atoms with E-state index >= 15 is 0 Å². The van der Waals surface area contributed by atoms with E-state index in [1.54, 1.807) is 12.1 Å². The lowest BCUT2D eigenvalue weighted by Crippen LogP contribution is -2.15. The number of carbonyl (C=O) groups excluding carboxylic acids is 1. The summed E-state index contributed by atoms with van der Waals surface area (Å²) in [6.07, 6.45) is 1.49. The molecule has 1 heterocycles. The molecular formula is C20H17F2N3O. The molecule has 4 nitrogen and oxygen atoms in total. The smallest absolute Gasteiger partial charge is 0.274 e. The van der Waals surface area contributed by atoms with Gasteiger partial charge in [0.25, 0.3) is 5.91 Å². The normalized spacial score (nSPS) is 10.5. The zero-order valence-corrected chi connectivity index (χ0v) is 14.3. The topological polar surface area (TPSA) is 54.0 Å². The van der Waals surface area contributed by atoms with E-state index in [0.29, 0.717) is 11.8 Å². The van der Waals surface area contributed by atoms with Gasteiger partial charge in [0.2, 0.25) is 0 Å². The lowest BCUT2D eigenvalue weighted by molar-refractivity contribution is 0.102. The number of aryl methyl sites for hydroxylation is 2. The van der Waals surface area contributed by atoms with E-state index in [9.17, 15) is 13.6 Å². The molecule has 3 rings (SSSR count). The minimum absolute atomic E-state index is 0.106. The summed E-state index contributed by atoms with van der Waals surface area (Å²) in [5, 5.41) is 5.60. The second kappa shape index (κ2) is 7.31. The molecule has 6 heteroatoms. The van der Waals surface area contributed by atoms with Crippen LogP contribution in [0.4, 0.5) is 25.8 Å². The number of nitrogens with zero attached hydrogens (tertiary/aromatic N) is 1. The third-order valence-electron chi connectivity index (χ3n) is 3.97. The Morgan fingerprint density at radius 3 is 2.42 bits per heavy atom. The Hall–Kier alpha value is -3.28. The van der Waals surface area contributed by atoms with E-state index in [-0.39, 0.29) is 11.4 Å². The second-order valence-corrected chi connectivity index (χ2v) is 5.93. The molecule has 2 N–H and O–H groups in total. The summed E-state index contributed by atoms with van der Waals surface area (Å²) in [7, 11) is 0. The largest absolute Gasteiger partial charge is 0.355 e. The minimum Gasteiger partial charge on any atom is -0.355 e. The maximum atomic E-state index is 13.7. The summed E-state index contributed by atoms with van der Waals surface area (Å²) in [5.41, 5.74) is 3.90. The van der Waals surface area contributed by atoms with Crippen LogP contribution in [0.5, 0.6) is 0 Å². The van der Waals surface area contributed by atoms with Crippen molar-refractivity contribution in [2.45, 2.75) is 13.8 Å². The van der Waals surface area contributed by atoms with Gasteiger partial charge in [0.05, 0.1) is 5.69 Å². The highest BCUT2D eigenvalue weighted by atomic mass is 19.1. The van der Waals surface area contributed by atoms with Gasteiger partial charge < -0.3 is 10.6 Å². The van der Waals surface area contributed by atoms with E-state index in [0.717, 1.165) is 17.3 Å². The fourth-order valence-corrected chi connectivity index (χ4v) is 2.40. The predicted molar refractivity (Wildman–Crippen MR) is 97.7 cm³/mol. The van der Waals surface area contributed by atoms with Gasteiger partial charge in [0.15, 0.2) is 0 Å². The molecule has 0 bridgehead atoms. The van der Waals surface area contributed by atoms with Crippen LogP contribution in [-0.2, 0) is 0 Å². The van der Waals surface area contributed by atoms with Crippen molar-refractivity contribution in [2.24, 2.45) is 0 Å². The van der Waals surface area contributed by atoms with Gasteiger partial charge in [0, 0.05) is 23.6 Å². The summed E-state index contributed by atoms with van der Waals surface area (Å²) < 4.78 is 26.6. The number of halogens is 2. The zero-order chi connectivity index (χ0) is 18.7. The quantitative estimate of drug-likeness (QED) is 0.696. The summed E-state index contributed by atoms with van der Waals surface area (Å²) in [6, 6.07) is 12.2. The molecule has 26 heavy (non-hydrogen) atoms. The Morgan fingerprint density at radius 1 is 0.923 bits per heavy atom. The number of carbonyl (C=O) groups is 1. The molecule has 0 aliphatic heterocycles. The Bertz CT molecular complexity index is 973. The Labute approximate surface area is 149 Å². The number of nitrogens with one attached hydrogen (secondary N) is 2. The number of hydrogen-bond acceptors (Lipinski definition) is 3. The zero-order valence-electron chi connectivity index (χ0n) is 14.3. The van der Waals surface area contributed by atoms with Crippen LogP contribution in [0.1, 0.15) is 21.6 Å². The van der Waals surface area contributed by atoms with E-state index in [1.807, 2.05) is 32.0 Å². The number of rotatable bonds is 4. The van der Waals surface area contributed by atoms with Crippen LogP contribution in [0.15, 0.2) is 54.7 Å². The summed E-state index contributed by atoms with van der Waals surface area (Å²) in [5.74, 6) is -2.14. The van der Waals surface area contributed by atoms with Crippen LogP contribution in [-0.4, -0.2) is 10.9 Å². The highest BCUT2D eigenvalue weighted by Crippen LogP contribution is 2.21. The minimum atomic E-state index is -0.845. The lowest BCUT2D eigenvalue weighted by atomic mass is 10.1. The molecule has 0 unspecified atom stereocenters. The third kappa shape index (κ3) is 4.03. The van der Waals surface area contributed by atoms with Crippen LogP contribution in [0.25, 0.3) is 0 Å². The number of hydrogen-bond donors (Lipinski definition) is 2. The van der Waals surface area contributed by atoms with Gasteiger partial charge in [-0.05, 0) is 61.4 Å². The van der Waals surface area contributed by atoms with E-state index < -0.39 is 17.5 Å². The number of aromatic nitrogens is 1. The third-order valence-corrected chi connectivity index (χ3v) is 3.97. The van der Waals surface area contributed by atoms with E-state index in [2.05, 4.69) is 15.6 Å². The van der Waals surface area contributed by atoms with Crippen molar-refractivity contribution in [1.29, 1.82) is 0 Å². The van der Waals surface area contributed by atoms with E-state index in [1.165, 1.54) is 17.8 Å². The maximum Gasteiger partial charge on any atom is 0.274 e. The molecule has 0 aliphatic carbocycles. The van der Waals surface area contributed by atoms with Crippen molar-refractivity contribution in [3.63, 3.8) is 0 Å². The molecule has 0 fully saturated rings. The highest BCUT2D eigenvalue weighted by Gasteiger charge is 2.12. The van der Waals surface area contributed by atoms with Gasteiger partial charge in [-0.15, -0.1) is 0 Å². The fraction of sp³-hybridized carbons (Fsp3) is 0.100. The molecule has 0 atom stereocenters. The molecule has 0 saturated carbocycles. The molecule has 0 radical (unpaired) electrons. The molecule has 2 aromatic carbocycles. The number of amides is 1. The SMILES string of the molecule is Cc1ccc(Nc2ccnc(C(=O)Nc3ccc(F)cc3F)c2)cc1C. The van der Waals surface area contributed by atoms with Crippen molar-refractivity contribution in [3.05, 3.63) is 83.2 Å². The fourth-order valence-electron chi connectivity index (χ4n) is 2.40. The maximum absolute atomic E-state index is 13.7. The van der Waals surface area contributed by atoms with Crippen LogP contribution < -0.4 is 10.6 Å². The van der Waals surface area contributed by atoms with Crippen molar-refractivity contribution < 1.29 is 13.6 Å². The van der Waals surface area contributed by atoms with Crippen LogP contribution in [0.2, 0.25) is 0 Å². The molecule has 1 aromatic heterocycles. The summed E-state index contributed by atoms with van der Waals surface area (Å²) >= 11 is 0. The van der Waals surface area contributed by atoms with Gasteiger partial charge in [-0.1, -0.05) is 6.07 Å². The van der Waals surface area contributed by atoms with E-state index in [4.69, 9.17) is 0 Å².